The van der Waals surface area contributed by atoms with E-state index in [-0.39, 0.29) is 17.9 Å². The minimum Gasteiger partial charge on any atom is -0.379 e. The lowest BCUT2D eigenvalue weighted by atomic mass is 9.86. The summed E-state index contributed by atoms with van der Waals surface area (Å²) < 4.78 is 5.22. The predicted molar refractivity (Wildman–Crippen MR) is 52.1 cm³/mol. The summed E-state index contributed by atoms with van der Waals surface area (Å²) in [5, 5.41) is 0. The molecule has 0 heterocycles. The number of ether oxygens (including phenoxy) is 1. The van der Waals surface area contributed by atoms with Crippen molar-refractivity contribution in [1.82, 2.24) is 0 Å². The predicted octanol–water partition coefficient (Wildman–Crippen LogP) is 0.394. The molecule has 0 bridgehead atoms. The number of hydrogen-bond acceptors (Lipinski definition) is 3. The van der Waals surface area contributed by atoms with Gasteiger partial charge in [0.15, 0.2) is 0 Å². The Morgan fingerprint density at radius 1 is 1.38 bits per heavy atom. The maximum Gasteiger partial charge on any atom is 0.219 e. The molecule has 0 saturated carbocycles. The summed E-state index contributed by atoms with van der Waals surface area (Å²) in [7, 11) is 1.63. The van der Waals surface area contributed by atoms with Gasteiger partial charge >= 0.3 is 0 Å². The zero-order chi connectivity index (χ0) is 10.7. The van der Waals surface area contributed by atoms with Gasteiger partial charge in [-0.1, -0.05) is 0 Å². The standard InChI is InChI=1S/C9H20N2O2/c1-8(2,13-4)6-9(3,11)5-7(10)12/h5-6,11H2,1-4H3,(H2,10,12). The van der Waals surface area contributed by atoms with Gasteiger partial charge in [0.2, 0.25) is 5.91 Å². The number of hydrogen-bond donors (Lipinski definition) is 2. The molecule has 0 aromatic heterocycles. The van der Waals surface area contributed by atoms with Crippen molar-refractivity contribution in [3.05, 3.63) is 0 Å². The average Bonchev–Trinajstić information content (AvgIpc) is 1.81. The quantitative estimate of drug-likeness (QED) is 0.655. The highest BCUT2D eigenvalue weighted by atomic mass is 16.5. The number of methoxy groups -OCH3 is 1. The molecule has 1 amide bonds. The van der Waals surface area contributed by atoms with Crippen molar-refractivity contribution < 1.29 is 9.53 Å². The highest BCUT2D eigenvalue weighted by Crippen LogP contribution is 2.23. The number of amides is 1. The molecule has 78 valence electrons. The van der Waals surface area contributed by atoms with Crippen LogP contribution in [0.1, 0.15) is 33.6 Å². The van der Waals surface area contributed by atoms with E-state index in [1.807, 2.05) is 13.8 Å². The van der Waals surface area contributed by atoms with Gasteiger partial charge in [-0.3, -0.25) is 4.79 Å². The molecule has 4 nitrogen and oxygen atoms in total. The lowest BCUT2D eigenvalue weighted by Crippen LogP contribution is -2.46. The number of carbonyl (C=O) groups is 1. The van der Waals surface area contributed by atoms with E-state index in [2.05, 4.69) is 0 Å². The maximum absolute atomic E-state index is 10.7. The SMILES string of the molecule is COC(C)(C)CC(C)(N)CC(N)=O. The van der Waals surface area contributed by atoms with Crippen molar-refractivity contribution in [3.8, 4) is 0 Å². The fourth-order valence-corrected chi connectivity index (χ4v) is 1.51. The van der Waals surface area contributed by atoms with E-state index in [9.17, 15) is 4.79 Å². The zero-order valence-electron chi connectivity index (χ0n) is 8.89. The first kappa shape index (κ1) is 12.4. The normalized spacial score (nSPS) is 16.7. The van der Waals surface area contributed by atoms with Crippen LogP contribution in [0.15, 0.2) is 0 Å². The molecule has 0 saturated heterocycles. The smallest absolute Gasteiger partial charge is 0.219 e. The molecule has 0 aliphatic heterocycles. The Labute approximate surface area is 79.6 Å². The van der Waals surface area contributed by atoms with Crippen molar-refractivity contribution in [3.63, 3.8) is 0 Å². The Morgan fingerprint density at radius 3 is 2.15 bits per heavy atom. The summed E-state index contributed by atoms with van der Waals surface area (Å²) in [5.41, 5.74) is 10.1. The van der Waals surface area contributed by atoms with Crippen molar-refractivity contribution in [2.75, 3.05) is 7.11 Å². The molecular weight excluding hydrogens is 168 g/mol. The summed E-state index contributed by atoms with van der Waals surface area (Å²) >= 11 is 0. The minimum atomic E-state index is -0.592. The maximum atomic E-state index is 10.7. The van der Waals surface area contributed by atoms with E-state index >= 15 is 0 Å². The number of rotatable bonds is 5. The third kappa shape index (κ3) is 5.60. The Bertz CT molecular complexity index is 188. The number of carbonyl (C=O) groups excluding carboxylic acids is 1. The molecule has 0 aromatic carbocycles. The summed E-state index contributed by atoms with van der Waals surface area (Å²) in [5.74, 6) is -0.378. The van der Waals surface area contributed by atoms with E-state index < -0.39 is 5.54 Å². The highest BCUT2D eigenvalue weighted by Gasteiger charge is 2.30. The van der Waals surface area contributed by atoms with Crippen LogP contribution in [-0.4, -0.2) is 24.2 Å². The van der Waals surface area contributed by atoms with Crippen LogP contribution in [0.4, 0.5) is 0 Å². The topological polar surface area (TPSA) is 78.3 Å². The van der Waals surface area contributed by atoms with Crippen LogP contribution in [0.5, 0.6) is 0 Å². The molecule has 0 aliphatic rings. The first-order valence-corrected chi connectivity index (χ1v) is 4.31. The van der Waals surface area contributed by atoms with Crippen molar-refractivity contribution in [1.29, 1.82) is 0 Å². The third-order valence-corrected chi connectivity index (χ3v) is 1.96. The van der Waals surface area contributed by atoms with E-state index in [1.54, 1.807) is 14.0 Å². The van der Waals surface area contributed by atoms with E-state index in [0.717, 1.165) is 0 Å². The lowest BCUT2D eigenvalue weighted by Gasteiger charge is -2.33. The highest BCUT2D eigenvalue weighted by molar-refractivity contribution is 5.75. The van der Waals surface area contributed by atoms with E-state index in [4.69, 9.17) is 16.2 Å². The Hall–Kier alpha value is -0.610. The van der Waals surface area contributed by atoms with Crippen molar-refractivity contribution >= 4 is 5.91 Å². The molecule has 0 rings (SSSR count). The van der Waals surface area contributed by atoms with Gasteiger partial charge in [-0.05, 0) is 27.2 Å². The van der Waals surface area contributed by atoms with Crippen LogP contribution in [0.25, 0.3) is 0 Å². The van der Waals surface area contributed by atoms with Crippen LogP contribution in [0.2, 0.25) is 0 Å². The second-order valence-corrected chi connectivity index (χ2v) is 4.44. The lowest BCUT2D eigenvalue weighted by molar-refractivity contribution is -0.119. The molecule has 13 heavy (non-hydrogen) atoms. The average molecular weight is 188 g/mol. The van der Waals surface area contributed by atoms with E-state index in [0.29, 0.717) is 6.42 Å². The molecule has 4 heteroatoms. The molecule has 0 fully saturated rings. The van der Waals surface area contributed by atoms with Gasteiger partial charge in [0.25, 0.3) is 0 Å². The molecule has 4 N–H and O–H groups in total. The Morgan fingerprint density at radius 2 is 1.85 bits per heavy atom. The van der Waals surface area contributed by atoms with Gasteiger partial charge < -0.3 is 16.2 Å². The van der Waals surface area contributed by atoms with Gasteiger partial charge in [0.05, 0.1) is 5.60 Å². The van der Waals surface area contributed by atoms with Crippen LogP contribution >= 0.6 is 0 Å². The van der Waals surface area contributed by atoms with Gasteiger partial charge in [0.1, 0.15) is 0 Å². The van der Waals surface area contributed by atoms with E-state index in [1.165, 1.54) is 0 Å². The minimum absolute atomic E-state index is 0.180. The fourth-order valence-electron chi connectivity index (χ4n) is 1.51. The first-order valence-electron chi connectivity index (χ1n) is 4.31. The zero-order valence-corrected chi connectivity index (χ0v) is 8.89. The number of nitrogens with two attached hydrogens (primary N) is 2. The largest absolute Gasteiger partial charge is 0.379 e. The summed E-state index contributed by atoms with van der Waals surface area (Å²) in [6.45, 7) is 5.66. The molecule has 0 aromatic rings. The van der Waals surface area contributed by atoms with Crippen LogP contribution in [-0.2, 0) is 9.53 Å². The van der Waals surface area contributed by atoms with Gasteiger partial charge in [-0.15, -0.1) is 0 Å². The molecule has 1 atom stereocenters. The monoisotopic (exact) mass is 188 g/mol. The summed E-state index contributed by atoms with van der Waals surface area (Å²) in [4.78, 5) is 10.7. The summed E-state index contributed by atoms with van der Waals surface area (Å²) in [6.07, 6.45) is 0.777. The van der Waals surface area contributed by atoms with Crippen LogP contribution in [0.3, 0.4) is 0 Å². The van der Waals surface area contributed by atoms with Gasteiger partial charge in [0, 0.05) is 19.1 Å². The number of primary amides is 1. The summed E-state index contributed by atoms with van der Waals surface area (Å²) in [6, 6.07) is 0. The Kier molecular flexibility index (Phi) is 3.88. The molecular formula is C9H20N2O2. The van der Waals surface area contributed by atoms with Crippen LogP contribution < -0.4 is 11.5 Å². The second-order valence-electron chi connectivity index (χ2n) is 4.44. The van der Waals surface area contributed by atoms with Gasteiger partial charge in [-0.25, -0.2) is 0 Å². The Balaban J connectivity index is 4.24. The fraction of sp³-hybridized carbons (Fsp3) is 0.889. The van der Waals surface area contributed by atoms with Gasteiger partial charge in [-0.2, -0.15) is 0 Å². The molecule has 0 radical (unpaired) electrons. The third-order valence-electron chi connectivity index (χ3n) is 1.96. The first-order chi connectivity index (χ1) is 5.68. The van der Waals surface area contributed by atoms with Crippen LogP contribution in [0, 0.1) is 0 Å². The van der Waals surface area contributed by atoms with Crippen molar-refractivity contribution in [2.24, 2.45) is 11.5 Å². The second kappa shape index (κ2) is 4.07. The van der Waals surface area contributed by atoms with Crippen molar-refractivity contribution in [2.45, 2.75) is 44.8 Å². The molecule has 0 spiro atoms. The molecule has 0 aliphatic carbocycles. The molecule has 1 unspecified atom stereocenters.